The third-order valence-corrected chi connectivity index (χ3v) is 7.22. The van der Waals surface area contributed by atoms with Gasteiger partial charge >= 0.3 is 0 Å². The van der Waals surface area contributed by atoms with Crippen molar-refractivity contribution >= 4 is 34.0 Å². The summed E-state index contributed by atoms with van der Waals surface area (Å²) in [6.45, 7) is 3.95. The number of carbonyl (C=O) groups is 1. The number of nitrogens with zero attached hydrogens (tertiary/aromatic N) is 4. The summed E-state index contributed by atoms with van der Waals surface area (Å²) >= 11 is 3.07. The molecule has 29 heavy (non-hydrogen) atoms. The molecule has 9 heteroatoms. The number of hydrogen-bond donors (Lipinski definition) is 1. The second-order valence-electron chi connectivity index (χ2n) is 6.96. The van der Waals surface area contributed by atoms with Gasteiger partial charge in [0.25, 0.3) is 0 Å². The van der Waals surface area contributed by atoms with Crippen molar-refractivity contribution in [2.24, 2.45) is 5.73 Å². The van der Waals surface area contributed by atoms with E-state index in [0.29, 0.717) is 40.7 Å². The zero-order valence-electron chi connectivity index (χ0n) is 16.3. The number of nitriles is 1. The van der Waals surface area contributed by atoms with Crippen LogP contribution in [0.15, 0.2) is 43.6 Å². The van der Waals surface area contributed by atoms with E-state index < -0.39 is 5.92 Å². The number of anilines is 1. The second kappa shape index (κ2) is 8.05. The minimum absolute atomic E-state index is 0.0284. The number of nitrogens with two attached hydrogens (primary N) is 1. The van der Waals surface area contributed by atoms with Gasteiger partial charge < -0.3 is 10.2 Å². The average molecular weight is 428 g/mol. The lowest BCUT2D eigenvalue weighted by atomic mass is 9.78. The first-order chi connectivity index (χ1) is 14.0. The van der Waals surface area contributed by atoms with Gasteiger partial charge in [-0.3, -0.25) is 9.69 Å². The molecule has 1 aliphatic heterocycles. The van der Waals surface area contributed by atoms with Crippen molar-refractivity contribution in [1.82, 2.24) is 10.2 Å². The molecule has 2 aliphatic rings. The summed E-state index contributed by atoms with van der Waals surface area (Å²) in [5, 5.41) is 19.1. The van der Waals surface area contributed by atoms with E-state index in [1.54, 1.807) is 16.7 Å². The largest absolute Gasteiger partial charge is 0.465 e. The fourth-order valence-electron chi connectivity index (χ4n) is 3.74. The van der Waals surface area contributed by atoms with Gasteiger partial charge in [0.15, 0.2) is 10.1 Å². The minimum Gasteiger partial charge on any atom is -0.465 e. The lowest BCUT2D eigenvalue weighted by Gasteiger charge is -2.37. The standard InChI is InChI=1S/C20H21N5O2S2/c1-3-9-28-20-24-23-19(29-20)25-13-5-4-6-14(26)17(13)16(12(10-21)18(25)22)15-8-7-11(2)27-15/h7-8,16H,3-6,9,22H2,1-2H3. The molecule has 1 unspecified atom stereocenters. The molecule has 4 rings (SSSR count). The van der Waals surface area contributed by atoms with E-state index in [1.165, 1.54) is 11.3 Å². The SMILES string of the molecule is CCCSc1nnc(N2C(N)=C(C#N)C(c3ccc(C)o3)C3=C2CCCC3=O)s1. The fourth-order valence-corrected chi connectivity index (χ4v) is 5.54. The number of ketones is 1. The summed E-state index contributed by atoms with van der Waals surface area (Å²) in [6.07, 6.45) is 2.92. The monoisotopic (exact) mass is 427 g/mol. The van der Waals surface area contributed by atoms with E-state index in [4.69, 9.17) is 10.2 Å². The molecule has 3 heterocycles. The normalized spacial score (nSPS) is 19.6. The van der Waals surface area contributed by atoms with E-state index in [9.17, 15) is 10.1 Å². The molecule has 2 aromatic heterocycles. The molecule has 0 aromatic carbocycles. The minimum atomic E-state index is -0.574. The number of allylic oxidation sites excluding steroid dienone is 3. The van der Waals surface area contributed by atoms with Crippen LogP contribution in [0.2, 0.25) is 0 Å². The highest BCUT2D eigenvalue weighted by Crippen LogP contribution is 2.47. The van der Waals surface area contributed by atoms with Gasteiger partial charge in [-0.15, -0.1) is 10.2 Å². The molecule has 0 amide bonds. The third-order valence-electron chi connectivity index (χ3n) is 4.98. The summed E-state index contributed by atoms with van der Waals surface area (Å²) in [5.41, 5.74) is 8.20. The van der Waals surface area contributed by atoms with Crippen LogP contribution < -0.4 is 10.6 Å². The molecule has 0 radical (unpaired) electrons. The number of furan rings is 1. The van der Waals surface area contributed by atoms with Gasteiger partial charge in [0.05, 0.1) is 17.6 Å². The van der Waals surface area contributed by atoms with Crippen LogP contribution in [0.5, 0.6) is 0 Å². The van der Waals surface area contributed by atoms with Crippen LogP contribution in [0.3, 0.4) is 0 Å². The summed E-state index contributed by atoms with van der Waals surface area (Å²) in [7, 11) is 0. The molecular weight excluding hydrogens is 406 g/mol. The van der Waals surface area contributed by atoms with Gasteiger partial charge in [-0.25, -0.2) is 0 Å². The third kappa shape index (κ3) is 3.47. The van der Waals surface area contributed by atoms with Gasteiger partial charge in [-0.05, 0) is 38.3 Å². The first kappa shape index (κ1) is 19.7. The van der Waals surface area contributed by atoms with Crippen LogP contribution in [-0.2, 0) is 4.79 Å². The van der Waals surface area contributed by atoms with Gasteiger partial charge in [-0.2, -0.15) is 5.26 Å². The van der Waals surface area contributed by atoms with E-state index in [0.717, 1.165) is 34.4 Å². The van der Waals surface area contributed by atoms with Crippen LogP contribution in [0.4, 0.5) is 5.13 Å². The molecule has 2 N–H and O–H groups in total. The van der Waals surface area contributed by atoms with Crippen molar-refractivity contribution in [3.05, 3.63) is 46.3 Å². The molecule has 1 atom stereocenters. The second-order valence-corrected chi connectivity index (χ2v) is 9.26. The van der Waals surface area contributed by atoms with Crippen molar-refractivity contribution in [3.8, 4) is 6.07 Å². The highest BCUT2D eigenvalue weighted by atomic mass is 32.2. The Morgan fingerprint density at radius 2 is 2.24 bits per heavy atom. The predicted octanol–water partition coefficient (Wildman–Crippen LogP) is 4.25. The van der Waals surface area contributed by atoms with E-state index in [2.05, 4.69) is 23.2 Å². The molecule has 2 aromatic rings. The number of carbonyl (C=O) groups excluding carboxylic acids is 1. The molecule has 0 fully saturated rings. The molecular formula is C20H21N5O2S2. The first-order valence-corrected chi connectivity index (χ1v) is 11.3. The maximum absolute atomic E-state index is 13.0. The summed E-state index contributed by atoms with van der Waals surface area (Å²) in [6, 6.07) is 5.88. The van der Waals surface area contributed by atoms with E-state index in [-0.39, 0.29) is 5.78 Å². The van der Waals surface area contributed by atoms with Crippen molar-refractivity contribution in [3.63, 3.8) is 0 Å². The molecule has 150 valence electrons. The maximum Gasteiger partial charge on any atom is 0.219 e. The maximum atomic E-state index is 13.0. The van der Waals surface area contributed by atoms with Crippen molar-refractivity contribution < 1.29 is 9.21 Å². The number of Topliss-reactive ketones (excluding diaryl/α,β-unsaturated/α-hetero) is 1. The van der Waals surface area contributed by atoms with Crippen LogP contribution in [0, 0.1) is 18.3 Å². The number of aromatic nitrogens is 2. The number of hydrogen-bond acceptors (Lipinski definition) is 9. The zero-order chi connectivity index (χ0) is 20.5. The van der Waals surface area contributed by atoms with Gasteiger partial charge in [0.1, 0.15) is 17.3 Å². The predicted molar refractivity (Wildman–Crippen MR) is 112 cm³/mol. The number of aryl methyl sites for hydroxylation is 1. The van der Waals surface area contributed by atoms with E-state index in [1.807, 2.05) is 19.1 Å². The van der Waals surface area contributed by atoms with Crippen molar-refractivity contribution in [2.75, 3.05) is 10.7 Å². The Hall–Kier alpha value is -2.57. The van der Waals surface area contributed by atoms with Gasteiger partial charge in [0, 0.05) is 23.4 Å². The highest BCUT2D eigenvalue weighted by Gasteiger charge is 2.42. The summed E-state index contributed by atoms with van der Waals surface area (Å²) < 4.78 is 6.66. The number of thioether (sulfide) groups is 1. The molecule has 0 saturated heterocycles. The Kier molecular flexibility index (Phi) is 5.48. The molecule has 0 bridgehead atoms. The lowest BCUT2D eigenvalue weighted by molar-refractivity contribution is -0.116. The first-order valence-electron chi connectivity index (χ1n) is 9.53. The van der Waals surface area contributed by atoms with Crippen LogP contribution in [-0.4, -0.2) is 21.7 Å². The summed E-state index contributed by atoms with van der Waals surface area (Å²) in [5.74, 6) is 2.00. The Morgan fingerprint density at radius 1 is 1.41 bits per heavy atom. The van der Waals surface area contributed by atoms with Crippen molar-refractivity contribution in [2.45, 2.75) is 49.8 Å². The quantitative estimate of drug-likeness (QED) is 0.706. The molecule has 1 aliphatic carbocycles. The molecule has 7 nitrogen and oxygen atoms in total. The van der Waals surface area contributed by atoms with Crippen molar-refractivity contribution in [1.29, 1.82) is 5.26 Å². The highest BCUT2D eigenvalue weighted by molar-refractivity contribution is 8.01. The summed E-state index contributed by atoms with van der Waals surface area (Å²) in [4.78, 5) is 14.7. The average Bonchev–Trinajstić information content (AvgIpc) is 3.34. The zero-order valence-corrected chi connectivity index (χ0v) is 17.9. The fraction of sp³-hybridized carbons (Fsp3) is 0.400. The topological polar surface area (TPSA) is 109 Å². The molecule has 0 saturated carbocycles. The Bertz CT molecular complexity index is 1060. The lowest BCUT2D eigenvalue weighted by Crippen LogP contribution is -2.38. The van der Waals surface area contributed by atoms with Crippen LogP contribution in [0.25, 0.3) is 0 Å². The Morgan fingerprint density at radius 3 is 2.93 bits per heavy atom. The Labute approximate surface area is 177 Å². The van der Waals surface area contributed by atoms with Gasteiger partial charge in [-0.1, -0.05) is 30.0 Å². The smallest absolute Gasteiger partial charge is 0.219 e. The van der Waals surface area contributed by atoms with E-state index >= 15 is 0 Å². The number of rotatable bonds is 5. The van der Waals surface area contributed by atoms with Gasteiger partial charge in [0.2, 0.25) is 5.13 Å². The van der Waals surface area contributed by atoms with Crippen LogP contribution in [0.1, 0.15) is 50.0 Å². The van der Waals surface area contributed by atoms with Crippen LogP contribution >= 0.6 is 23.1 Å². The molecule has 0 spiro atoms. The Balaban J connectivity index is 1.85.